The third kappa shape index (κ3) is 4.35. The van der Waals surface area contributed by atoms with Gasteiger partial charge in [-0.2, -0.15) is 0 Å². The Kier molecular flexibility index (Phi) is 5.83. The Morgan fingerprint density at radius 2 is 1.49 bits per heavy atom. The fraction of sp³-hybridized carbons (Fsp3) is 0.250. The lowest BCUT2D eigenvalue weighted by Crippen LogP contribution is -2.54. The second-order valence-electron chi connectivity index (χ2n) is 9.48. The number of nitrogens with zero attached hydrogens (tertiary/aromatic N) is 4. The number of carbonyl (C=O) groups is 1. The molecule has 0 saturated carbocycles. The molecule has 2 bridgehead atoms. The zero-order valence-electron chi connectivity index (χ0n) is 19.1. The van der Waals surface area contributed by atoms with Crippen LogP contribution in [0.3, 0.4) is 0 Å². The molecule has 5 nitrogen and oxygen atoms in total. The van der Waals surface area contributed by atoms with E-state index < -0.39 is 0 Å². The van der Waals surface area contributed by atoms with Crippen LogP contribution in [-0.4, -0.2) is 47.0 Å². The quantitative estimate of drug-likeness (QED) is 0.334. The number of carbonyl (C=O) groups excluding carboxylic acids is 1. The molecule has 2 unspecified atom stereocenters. The summed E-state index contributed by atoms with van der Waals surface area (Å²) in [5.74, 6) is 1.74. The molecule has 3 aromatic carbocycles. The zero-order chi connectivity index (χ0) is 23.9. The van der Waals surface area contributed by atoms with Crippen molar-refractivity contribution in [1.29, 1.82) is 0 Å². The first-order valence-electron chi connectivity index (χ1n) is 11.9. The highest BCUT2D eigenvalue weighted by molar-refractivity contribution is 6.42. The van der Waals surface area contributed by atoms with Gasteiger partial charge in [0.05, 0.1) is 27.3 Å². The summed E-state index contributed by atoms with van der Waals surface area (Å²) in [5.41, 5.74) is 4.29. The van der Waals surface area contributed by atoms with Gasteiger partial charge in [0.15, 0.2) is 0 Å². The molecule has 0 aliphatic carbocycles. The molecule has 4 aromatic rings. The van der Waals surface area contributed by atoms with Crippen molar-refractivity contribution in [3.8, 4) is 11.1 Å². The van der Waals surface area contributed by atoms with Crippen molar-refractivity contribution >= 4 is 46.0 Å². The Balaban J connectivity index is 1.22. The lowest BCUT2D eigenvalue weighted by atomic mass is 9.84. The SMILES string of the molecule is O=C(c1ccccc1-c1ccccc1)N1CC2CC(C1)CN(c1cnc3cc(Cl)c(Cl)cc3n1)C2. The number of amides is 1. The number of likely N-dealkylation sites (tertiary alicyclic amines) is 1. The Morgan fingerprint density at radius 3 is 2.23 bits per heavy atom. The maximum absolute atomic E-state index is 13.6. The number of anilines is 1. The Hall–Kier alpha value is -3.15. The second-order valence-corrected chi connectivity index (χ2v) is 10.3. The number of benzene rings is 3. The fourth-order valence-electron chi connectivity index (χ4n) is 5.49. The molecule has 7 heteroatoms. The molecule has 6 rings (SSSR count). The standard InChI is InChI=1S/C28H24Cl2N4O/c29-23-11-25-26(12-24(23)30)32-27(13-31-25)33-14-18-10-19(15-33)17-34(16-18)28(35)22-9-5-4-8-21(22)20-6-2-1-3-7-20/h1-9,11-13,18-19H,10,14-17H2. The van der Waals surface area contributed by atoms with Crippen molar-refractivity contribution in [2.75, 3.05) is 31.1 Å². The van der Waals surface area contributed by atoms with Gasteiger partial charge >= 0.3 is 0 Å². The molecule has 2 aliphatic heterocycles. The van der Waals surface area contributed by atoms with E-state index in [1.807, 2.05) is 53.6 Å². The number of hydrogen-bond acceptors (Lipinski definition) is 4. The van der Waals surface area contributed by atoms with E-state index in [-0.39, 0.29) is 5.91 Å². The van der Waals surface area contributed by atoms with Crippen LogP contribution in [0.1, 0.15) is 16.8 Å². The van der Waals surface area contributed by atoms with Gasteiger partial charge in [-0.25, -0.2) is 4.98 Å². The highest BCUT2D eigenvalue weighted by Gasteiger charge is 2.37. The summed E-state index contributed by atoms with van der Waals surface area (Å²) < 4.78 is 0. The molecule has 2 atom stereocenters. The predicted octanol–water partition coefficient (Wildman–Crippen LogP) is 6.20. The van der Waals surface area contributed by atoms with Gasteiger partial charge in [0, 0.05) is 31.7 Å². The minimum atomic E-state index is 0.115. The van der Waals surface area contributed by atoms with Crippen LogP contribution in [0.4, 0.5) is 5.82 Å². The Bertz CT molecular complexity index is 1400. The summed E-state index contributed by atoms with van der Waals surface area (Å²) in [6.07, 6.45) is 2.94. The van der Waals surface area contributed by atoms with E-state index in [0.29, 0.717) is 21.9 Å². The van der Waals surface area contributed by atoms with Crippen LogP contribution >= 0.6 is 23.2 Å². The Labute approximate surface area is 214 Å². The first-order valence-corrected chi connectivity index (χ1v) is 12.6. The number of fused-ring (bicyclic) bond motifs is 3. The van der Waals surface area contributed by atoms with Crippen LogP contribution in [0.25, 0.3) is 22.2 Å². The molecule has 3 heterocycles. The molecule has 2 aliphatic rings. The van der Waals surface area contributed by atoms with E-state index in [4.69, 9.17) is 28.2 Å². The van der Waals surface area contributed by atoms with Crippen molar-refractivity contribution in [3.63, 3.8) is 0 Å². The third-order valence-corrected chi connectivity index (χ3v) is 7.73. The summed E-state index contributed by atoms with van der Waals surface area (Å²) in [4.78, 5) is 27.4. The number of hydrogen-bond donors (Lipinski definition) is 0. The minimum absolute atomic E-state index is 0.115. The van der Waals surface area contributed by atoms with Crippen LogP contribution < -0.4 is 4.90 Å². The summed E-state index contributed by atoms with van der Waals surface area (Å²) in [6, 6.07) is 21.6. The lowest BCUT2D eigenvalue weighted by Gasteiger charge is -2.46. The molecule has 2 fully saturated rings. The van der Waals surface area contributed by atoms with Gasteiger partial charge in [0.25, 0.3) is 5.91 Å². The summed E-state index contributed by atoms with van der Waals surface area (Å²) >= 11 is 12.3. The van der Waals surface area contributed by atoms with Gasteiger partial charge in [-0.05, 0) is 47.6 Å². The molecular formula is C28H24Cl2N4O. The zero-order valence-corrected chi connectivity index (χ0v) is 20.6. The normalized spacial score (nSPS) is 19.7. The van der Waals surface area contributed by atoms with Gasteiger partial charge in [0.1, 0.15) is 5.82 Å². The summed E-state index contributed by atoms with van der Waals surface area (Å²) in [7, 11) is 0. The van der Waals surface area contributed by atoms with Crippen molar-refractivity contribution in [3.05, 3.63) is 88.5 Å². The maximum Gasteiger partial charge on any atom is 0.254 e. The number of aromatic nitrogens is 2. The largest absolute Gasteiger partial charge is 0.355 e. The van der Waals surface area contributed by atoms with E-state index in [0.717, 1.165) is 66.1 Å². The van der Waals surface area contributed by atoms with Gasteiger partial charge in [-0.15, -0.1) is 0 Å². The van der Waals surface area contributed by atoms with Crippen LogP contribution in [0, 0.1) is 11.8 Å². The molecule has 0 spiro atoms. The average Bonchev–Trinajstić information content (AvgIpc) is 2.88. The fourth-order valence-corrected chi connectivity index (χ4v) is 5.81. The van der Waals surface area contributed by atoms with E-state index >= 15 is 0 Å². The van der Waals surface area contributed by atoms with Gasteiger partial charge in [0.2, 0.25) is 0 Å². The lowest BCUT2D eigenvalue weighted by molar-refractivity contribution is 0.0565. The molecule has 2 saturated heterocycles. The molecule has 1 aromatic heterocycles. The van der Waals surface area contributed by atoms with E-state index in [9.17, 15) is 4.79 Å². The van der Waals surface area contributed by atoms with Crippen LogP contribution in [0.2, 0.25) is 10.0 Å². The van der Waals surface area contributed by atoms with Gasteiger partial charge in [-0.3, -0.25) is 9.78 Å². The summed E-state index contributed by atoms with van der Waals surface area (Å²) in [6.45, 7) is 3.19. The van der Waals surface area contributed by atoms with Gasteiger partial charge in [-0.1, -0.05) is 71.7 Å². The molecule has 176 valence electrons. The number of rotatable bonds is 3. The molecule has 1 amide bonds. The first kappa shape index (κ1) is 22.3. The smallest absolute Gasteiger partial charge is 0.254 e. The predicted molar refractivity (Wildman–Crippen MR) is 141 cm³/mol. The van der Waals surface area contributed by atoms with Crippen molar-refractivity contribution in [1.82, 2.24) is 14.9 Å². The van der Waals surface area contributed by atoms with E-state index in [1.54, 1.807) is 12.1 Å². The second kappa shape index (κ2) is 9.14. The van der Waals surface area contributed by atoms with Crippen LogP contribution in [0.5, 0.6) is 0 Å². The van der Waals surface area contributed by atoms with Crippen molar-refractivity contribution in [2.24, 2.45) is 11.8 Å². The van der Waals surface area contributed by atoms with Crippen LogP contribution in [0.15, 0.2) is 72.9 Å². The van der Waals surface area contributed by atoms with Crippen molar-refractivity contribution < 1.29 is 4.79 Å². The number of piperidine rings is 2. The van der Waals surface area contributed by atoms with Gasteiger partial charge < -0.3 is 9.80 Å². The van der Waals surface area contributed by atoms with Crippen molar-refractivity contribution in [2.45, 2.75) is 6.42 Å². The van der Waals surface area contributed by atoms with E-state index in [2.05, 4.69) is 22.0 Å². The number of halogens is 2. The summed E-state index contributed by atoms with van der Waals surface area (Å²) in [5, 5.41) is 0.957. The highest BCUT2D eigenvalue weighted by Crippen LogP contribution is 2.34. The average molecular weight is 503 g/mol. The molecule has 0 radical (unpaired) electrons. The first-order chi connectivity index (χ1) is 17.0. The molecular weight excluding hydrogens is 479 g/mol. The monoisotopic (exact) mass is 502 g/mol. The topological polar surface area (TPSA) is 49.3 Å². The molecule has 0 N–H and O–H groups in total. The Morgan fingerprint density at radius 1 is 0.829 bits per heavy atom. The minimum Gasteiger partial charge on any atom is -0.355 e. The third-order valence-electron chi connectivity index (χ3n) is 7.01. The highest BCUT2D eigenvalue weighted by atomic mass is 35.5. The molecule has 35 heavy (non-hydrogen) atoms. The van der Waals surface area contributed by atoms with E-state index in [1.165, 1.54) is 0 Å². The maximum atomic E-state index is 13.6. The van der Waals surface area contributed by atoms with Crippen LogP contribution in [-0.2, 0) is 0 Å².